The van der Waals surface area contributed by atoms with Crippen LogP contribution in [-0.2, 0) is 14.8 Å². The lowest BCUT2D eigenvalue weighted by Gasteiger charge is -2.54. The van der Waals surface area contributed by atoms with Gasteiger partial charge < -0.3 is 0 Å². The topological polar surface area (TPSA) is 63.2 Å². The largest absolute Gasteiger partial charge is 0.298 e. The lowest BCUT2D eigenvalue weighted by Crippen LogP contribution is -2.52. The molecule has 4 saturated carbocycles. The standard InChI is InChI=1S/C22H30FNO3S/c1-13-6-18(23)4-5-20(13)28(26,27)24-22(2,3)21(25)12-19-16-8-14-7-15(10-16)11-17(19)9-14/h4-6,14-17,19,24H,7-12H2,1-3H3. The molecule has 0 radical (unpaired) electrons. The van der Waals surface area contributed by atoms with Gasteiger partial charge in [-0.05, 0) is 106 Å². The summed E-state index contributed by atoms with van der Waals surface area (Å²) in [5.74, 6) is 2.83. The number of hydrogen-bond donors (Lipinski definition) is 1. The third kappa shape index (κ3) is 3.65. The summed E-state index contributed by atoms with van der Waals surface area (Å²) in [5, 5.41) is 0. The Labute approximate surface area is 167 Å². The van der Waals surface area contributed by atoms with Gasteiger partial charge in [-0.2, -0.15) is 4.72 Å². The van der Waals surface area contributed by atoms with Crippen molar-refractivity contribution < 1.29 is 17.6 Å². The third-order valence-electron chi connectivity index (χ3n) is 7.36. The molecule has 0 heterocycles. The summed E-state index contributed by atoms with van der Waals surface area (Å²) in [4.78, 5) is 13.1. The summed E-state index contributed by atoms with van der Waals surface area (Å²) in [6.07, 6.45) is 6.79. The number of benzene rings is 1. The van der Waals surface area contributed by atoms with E-state index in [-0.39, 0.29) is 10.7 Å². The molecule has 4 aliphatic carbocycles. The highest BCUT2D eigenvalue weighted by molar-refractivity contribution is 7.89. The van der Waals surface area contributed by atoms with E-state index >= 15 is 0 Å². The number of carbonyl (C=O) groups is 1. The summed E-state index contributed by atoms with van der Waals surface area (Å²) in [7, 11) is -3.91. The first-order valence-electron chi connectivity index (χ1n) is 10.4. The first kappa shape index (κ1) is 20.0. The Morgan fingerprint density at radius 2 is 1.68 bits per heavy atom. The van der Waals surface area contributed by atoms with Crippen molar-refractivity contribution in [2.45, 2.75) is 69.7 Å². The molecule has 0 saturated heterocycles. The van der Waals surface area contributed by atoms with Crippen LogP contribution < -0.4 is 4.72 Å². The maximum atomic E-state index is 13.3. The molecule has 28 heavy (non-hydrogen) atoms. The van der Waals surface area contributed by atoms with E-state index in [1.54, 1.807) is 20.8 Å². The SMILES string of the molecule is Cc1cc(F)ccc1S(=O)(=O)NC(C)(C)C(=O)CC1C2CC3CC(C2)CC1C3. The maximum Gasteiger partial charge on any atom is 0.241 e. The first-order valence-corrected chi connectivity index (χ1v) is 11.9. The molecule has 4 nitrogen and oxygen atoms in total. The van der Waals surface area contributed by atoms with Crippen LogP contribution in [0, 0.1) is 42.3 Å². The molecule has 0 aromatic heterocycles. The fraction of sp³-hybridized carbons (Fsp3) is 0.682. The fourth-order valence-electron chi connectivity index (χ4n) is 6.20. The smallest absolute Gasteiger partial charge is 0.241 e. The molecule has 0 spiro atoms. The highest BCUT2D eigenvalue weighted by Gasteiger charge is 2.49. The minimum absolute atomic E-state index is 0.0180. The number of halogens is 1. The van der Waals surface area contributed by atoms with E-state index in [9.17, 15) is 17.6 Å². The van der Waals surface area contributed by atoms with E-state index in [4.69, 9.17) is 0 Å². The van der Waals surface area contributed by atoms with Crippen LogP contribution in [0.3, 0.4) is 0 Å². The van der Waals surface area contributed by atoms with Gasteiger partial charge in [0.05, 0.1) is 10.4 Å². The van der Waals surface area contributed by atoms with Crippen molar-refractivity contribution in [3.63, 3.8) is 0 Å². The maximum absolute atomic E-state index is 13.3. The molecule has 0 amide bonds. The summed E-state index contributed by atoms with van der Waals surface area (Å²) in [5.41, 5.74) is -0.856. The Morgan fingerprint density at radius 3 is 2.21 bits per heavy atom. The highest BCUT2D eigenvalue weighted by Crippen LogP contribution is 2.57. The number of aryl methyl sites for hydroxylation is 1. The quantitative estimate of drug-likeness (QED) is 0.768. The number of nitrogens with one attached hydrogen (secondary N) is 1. The Kier molecular flexibility index (Phi) is 4.94. The van der Waals surface area contributed by atoms with Crippen LogP contribution in [-0.4, -0.2) is 19.7 Å². The molecule has 1 aromatic rings. The number of ketones is 1. The van der Waals surface area contributed by atoms with E-state index in [2.05, 4.69) is 4.72 Å². The number of Topliss-reactive ketones (excluding diaryl/α,β-unsaturated/α-hetero) is 1. The van der Waals surface area contributed by atoms with Gasteiger partial charge in [-0.1, -0.05) is 0 Å². The van der Waals surface area contributed by atoms with Gasteiger partial charge in [-0.3, -0.25) is 4.79 Å². The van der Waals surface area contributed by atoms with Gasteiger partial charge in [0.2, 0.25) is 10.0 Å². The second kappa shape index (κ2) is 6.91. The van der Waals surface area contributed by atoms with Crippen molar-refractivity contribution in [2.75, 3.05) is 0 Å². The van der Waals surface area contributed by atoms with Gasteiger partial charge >= 0.3 is 0 Å². The zero-order valence-electron chi connectivity index (χ0n) is 16.9. The number of sulfonamides is 1. The van der Waals surface area contributed by atoms with Crippen molar-refractivity contribution in [3.8, 4) is 0 Å². The van der Waals surface area contributed by atoms with Gasteiger partial charge in [0.1, 0.15) is 5.82 Å². The van der Waals surface area contributed by atoms with E-state index in [0.717, 1.165) is 17.9 Å². The van der Waals surface area contributed by atoms with Crippen LogP contribution in [0.4, 0.5) is 4.39 Å². The summed E-state index contributed by atoms with van der Waals surface area (Å²) >= 11 is 0. The zero-order chi connectivity index (χ0) is 20.3. The molecule has 5 rings (SSSR count). The van der Waals surface area contributed by atoms with E-state index < -0.39 is 21.4 Å². The van der Waals surface area contributed by atoms with Crippen LogP contribution in [0.1, 0.15) is 57.9 Å². The van der Waals surface area contributed by atoms with Gasteiger partial charge in [0.15, 0.2) is 5.78 Å². The molecule has 0 aliphatic heterocycles. The predicted molar refractivity (Wildman–Crippen MR) is 106 cm³/mol. The lowest BCUT2D eigenvalue weighted by molar-refractivity contribution is -0.128. The zero-order valence-corrected chi connectivity index (χ0v) is 17.7. The minimum atomic E-state index is -3.91. The van der Waals surface area contributed by atoms with Crippen LogP contribution in [0.2, 0.25) is 0 Å². The van der Waals surface area contributed by atoms with Crippen molar-refractivity contribution in [2.24, 2.45) is 29.6 Å². The number of carbonyl (C=O) groups excluding carboxylic acids is 1. The average molecular weight is 408 g/mol. The third-order valence-corrected chi connectivity index (χ3v) is 9.17. The molecule has 1 N–H and O–H groups in total. The summed E-state index contributed by atoms with van der Waals surface area (Å²) in [6.45, 7) is 4.84. The normalized spacial score (nSPS) is 31.9. The Balaban J connectivity index is 1.48. The molecule has 4 aliphatic rings. The summed E-state index contributed by atoms with van der Waals surface area (Å²) in [6, 6.07) is 3.58. The average Bonchev–Trinajstić information content (AvgIpc) is 2.55. The minimum Gasteiger partial charge on any atom is -0.298 e. The number of rotatable bonds is 6. The molecule has 4 bridgehead atoms. The molecule has 6 heteroatoms. The van der Waals surface area contributed by atoms with Gasteiger partial charge in [-0.15, -0.1) is 0 Å². The van der Waals surface area contributed by atoms with Crippen molar-refractivity contribution in [3.05, 3.63) is 29.6 Å². The Hall–Kier alpha value is -1.27. The second-order valence-corrected chi connectivity index (χ2v) is 11.5. The van der Waals surface area contributed by atoms with Crippen LogP contribution in [0.15, 0.2) is 23.1 Å². The monoisotopic (exact) mass is 407 g/mol. The van der Waals surface area contributed by atoms with Crippen molar-refractivity contribution in [1.29, 1.82) is 0 Å². The molecule has 1 aromatic carbocycles. The lowest BCUT2D eigenvalue weighted by atomic mass is 9.51. The predicted octanol–water partition coefficient (Wildman–Crippen LogP) is 4.22. The Morgan fingerprint density at radius 1 is 1.11 bits per heavy atom. The van der Waals surface area contributed by atoms with Crippen LogP contribution in [0.5, 0.6) is 0 Å². The van der Waals surface area contributed by atoms with Gasteiger partial charge in [0.25, 0.3) is 0 Å². The van der Waals surface area contributed by atoms with Crippen molar-refractivity contribution in [1.82, 2.24) is 4.72 Å². The van der Waals surface area contributed by atoms with Crippen LogP contribution in [0.25, 0.3) is 0 Å². The fourth-order valence-corrected chi connectivity index (χ4v) is 7.83. The molecule has 154 valence electrons. The molecule has 4 fully saturated rings. The molecule has 0 atom stereocenters. The summed E-state index contributed by atoms with van der Waals surface area (Å²) < 4.78 is 41.6. The van der Waals surface area contributed by atoms with E-state index in [0.29, 0.717) is 29.7 Å². The van der Waals surface area contributed by atoms with E-state index in [1.165, 1.54) is 44.2 Å². The second-order valence-electron chi connectivity index (χ2n) is 9.86. The molecular weight excluding hydrogens is 377 g/mol. The van der Waals surface area contributed by atoms with Crippen molar-refractivity contribution >= 4 is 15.8 Å². The Bertz CT molecular complexity index is 865. The van der Waals surface area contributed by atoms with Gasteiger partial charge in [-0.25, -0.2) is 12.8 Å². The van der Waals surface area contributed by atoms with Crippen LogP contribution >= 0.6 is 0 Å². The van der Waals surface area contributed by atoms with E-state index in [1.807, 2.05) is 0 Å². The van der Waals surface area contributed by atoms with Gasteiger partial charge in [0, 0.05) is 6.42 Å². The molecule has 0 unspecified atom stereocenters. The number of hydrogen-bond acceptors (Lipinski definition) is 3. The molecular formula is C22H30FNO3S. The first-order chi connectivity index (χ1) is 13.0. The highest BCUT2D eigenvalue weighted by atomic mass is 32.2.